The quantitative estimate of drug-likeness (QED) is 0.573. The molecule has 1 rings (SSSR count). The maximum atomic E-state index is 11.8. The number of carbonyl (C=O) groups excluding carboxylic acids is 1. The van der Waals surface area contributed by atoms with Gasteiger partial charge < -0.3 is 14.9 Å². The van der Waals surface area contributed by atoms with E-state index in [4.69, 9.17) is 4.74 Å². The molecule has 6 heteroatoms. The summed E-state index contributed by atoms with van der Waals surface area (Å²) in [6.07, 6.45) is 5.07. The van der Waals surface area contributed by atoms with Crippen LogP contribution in [0.1, 0.15) is 26.7 Å². The van der Waals surface area contributed by atoms with Gasteiger partial charge in [0, 0.05) is 5.57 Å². The fourth-order valence-corrected chi connectivity index (χ4v) is 2.21. The third kappa shape index (κ3) is 3.04. The molecule has 0 aromatic rings. The predicted molar refractivity (Wildman–Crippen MR) is 74.5 cm³/mol. The van der Waals surface area contributed by atoms with Crippen LogP contribution in [-0.2, 0) is 19.1 Å². The fourth-order valence-electron chi connectivity index (χ4n) is 2.21. The third-order valence-electron chi connectivity index (χ3n) is 3.22. The zero-order valence-electron chi connectivity index (χ0n) is 12.0. The van der Waals surface area contributed by atoms with Crippen molar-refractivity contribution >= 4 is 17.9 Å². The minimum absolute atomic E-state index is 0.00478. The second kappa shape index (κ2) is 6.39. The van der Waals surface area contributed by atoms with E-state index >= 15 is 0 Å². The third-order valence-corrected chi connectivity index (χ3v) is 3.22. The van der Waals surface area contributed by atoms with Crippen molar-refractivity contribution in [3.63, 3.8) is 0 Å². The largest absolute Gasteiger partial charge is 0.481 e. The average molecular weight is 294 g/mol. The normalized spacial score (nSPS) is 24.1. The second-order valence-electron chi connectivity index (χ2n) is 4.85. The Morgan fingerprint density at radius 3 is 2.43 bits per heavy atom. The Bertz CT molecular complexity index is 542. The van der Waals surface area contributed by atoms with E-state index < -0.39 is 29.4 Å². The Hall–Kier alpha value is -2.37. The van der Waals surface area contributed by atoms with E-state index in [1.165, 1.54) is 25.2 Å². The summed E-state index contributed by atoms with van der Waals surface area (Å²) >= 11 is 0. The molecule has 1 aliphatic carbocycles. The number of aliphatic carboxylic acids is 2. The number of esters is 1. The van der Waals surface area contributed by atoms with Gasteiger partial charge in [0.2, 0.25) is 5.60 Å². The predicted octanol–water partition coefficient (Wildman–Crippen LogP) is 1.93. The molecule has 0 saturated heterocycles. The van der Waals surface area contributed by atoms with Crippen molar-refractivity contribution in [2.45, 2.75) is 32.3 Å². The van der Waals surface area contributed by atoms with Crippen molar-refractivity contribution in [2.75, 3.05) is 0 Å². The Labute approximate surface area is 122 Å². The fraction of sp³-hybridized carbons (Fsp3) is 0.400. The first kappa shape index (κ1) is 16.7. The molecule has 2 atom stereocenters. The number of rotatable bonds is 6. The number of hydrogen-bond donors (Lipinski definition) is 2. The van der Waals surface area contributed by atoms with Crippen LogP contribution in [0.2, 0.25) is 0 Å². The van der Waals surface area contributed by atoms with E-state index in [0.29, 0.717) is 12.8 Å². The van der Waals surface area contributed by atoms with Crippen LogP contribution in [0.25, 0.3) is 0 Å². The van der Waals surface area contributed by atoms with Gasteiger partial charge in [-0.25, -0.2) is 9.59 Å². The molecule has 0 spiro atoms. The number of carboxylic acid groups (broad SMARTS) is 2. The first-order chi connectivity index (χ1) is 9.77. The topological polar surface area (TPSA) is 101 Å². The molecule has 21 heavy (non-hydrogen) atoms. The molecule has 2 unspecified atom stereocenters. The summed E-state index contributed by atoms with van der Waals surface area (Å²) in [7, 11) is 0. The highest BCUT2D eigenvalue weighted by Crippen LogP contribution is 2.38. The van der Waals surface area contributed by atoms with Gasteiger partial charge in [-0.1, -0.05) is 38.2 Å². The van der Waals surface area contributed by atoms with Crippen molar-refractivity contribution in [1.82, 2.24) is 0 Å². The van der Waals surface area contributed by atoms with Gasteiger partial charge in [-0.05, 0) is 18.9 Å². The molecule has 0 aliphatic heterocycles. The van der Waals surface area contributed by atoms with Crippen LogP contribution in [-0.4, -0.2) is 33.7 Å². The molecule has 0 aromatic carbocycles. The number of carbonyl (C=O) groups is 3. The molecule has 2 N–H and O–H groups in total. The highest BCUT2D eigenvalue weighted by atomic mass is 16.6. The van der Waals surface area contributed by atoms with Crippen LogP contribution < -0.4 is 0 Å². The summed E-state index contributed by atoms with van der Waals surface area (Å²) in [5.41, 5.74) is -1.97. The molecule has 0 heterocycles. The first-order valence-electron chi connectivity index (χ1n) is 6.50. The highest BCUT2D eigenvalue weighted by molar-refractivity contribution is 5.96. The van der Waals surface area contributed by atoms with Crippen LogP contribution in [0.15, 0.2) is 36.0 Å². The molecule has 6 nitrogen and oxygen atoms in total. The van der Waals surface area contributed by atoms with Crippen molar-refractivity contribution in [3.8, 4) is 0 Å². The maximum absolute atomic E-state index is 11.8. The van der Waals surface area contributed by atoms with E-state index in [0.717, 1.165) is 0 Å². The molecule has 0 bridgehead atoms. The number of ether oxygens (including phenoxy) is 1. The summed E-state index contributed by atoms with van der Waals surface area (Å²) in [6.45, 7) is 6.59. The zero-order valence-corrected chi connectivity index (χ0v) is 12.0. The number of hydrogen-bond acceptors (Lipinski definition) is 4. The van der Waals surface area contributed by atoms with Gasteiger partial charge >= 0.3 is 17.9 Å². The van der Waals surface area contributed by atoms with Crippen LogP contribution in [0.5, 0.6) is 0 Å². The van der Waals surface area contributed by atoms with Crippen molar-refractivity contribution in [3.05, 3.63) is 36.0 Å². The Kier molecular flexibility index (Phi) is 5.07. The van der Waals surface area contributed by atoms with Crippen molar-refractivity contribution in [1.29, 1.82) is 0 Å². The highest BCUT2D eigenvalue weighted by Gasteiger charge is 2.55. The summed E-state index contributed by atoms with van der Waals surface area (Å²) in [5, 5.41) is 18.9. The summed E-state index contributed by atoms with van der Waals surface area (Å²) < 4.78 is 5.10. The average Bonchev–Trinajstić information content (AvgIpc) is 2.39. The minimum atomic E-state index is -2.23. The SMILES string of the molecule is C=C(C)C(=O)OC1(C(=O)O)C(CCC)=CC=CC1C(=O)O. The Balaban J connectivity index is 3.43. The van der Waals surface area contributed by atoms with Gasteiger partial charge in [-0.3, -0.25) is 4.79 Å². The second-order valence-corrected chi connectivity index (χ2v) is 4.85. The van der Waals surface area contributed by atoms with Gasteiger partial charge in [-0.2, -0.15) is 0 Å². The standard InChI is InChI=1S/C15H18O6/c1-4-6-10-7-5-8-11(12(16)17)15(10,14(19)20)21-13(18)9(2)3/h5,7-8,11H,2,4,6H2,1,3H3,(H,16,17)(H,19,20). The molecule has 0 fully saturated rings. The van der Waals surface area contributed by atoms with E-state index in [1.54, 1.807) is 0 Å². The van der Waals surface area contributed by atoms with Gasteiger partial charge in [0.25, 0.3) is 0 Å². The zero-order chi connectivity index (χ0) is 16.2. The molecule has 114 valence electrons. The summed E-state index contributed by atoms with van der Waals surface area (Å²) in [4.78, 5) is 35.0. The van der Waals surface area contributed by atoms with E-state index in [1.807, 2.05) is 6.92 Å². The lowest BCUT2D eigenvalue weighted by atomic mass is 9.75. The molecular weight excluding hydrogens is 276 g/mol. The monoisotopic (exact) mass is 294 g/mol. The van der Waals surface area contributed by atoms with Gasteiger partial charge in [-0.15, -0.1) is 0 Å². The summed E-state index contributed by atoms with van der Waals surface area (Å²) in [5.74, 6) is -5.29. The molecule has 0 aromatic heterocycles. The van der Waals surface area contributed by atoms with Gasteiger partial charge in [0.05, 0.1) is 0 Å². The summed E-state index contributed by atoms with van der Waals surface area (Å²) in [6, 6.07) is 0. The van der Waals surface area contributed by atoms with Crippen LogP contribution in [0.4, 0.5) is 0 Å². The molecule has 1 aliphatic rings. The lowest BCUT2D eigenvalue weighted by Crippen LogP contribution is -2.54. The smallest absolute Gasteiger partial charge is 0.353 e. The van der Waals surface area contributed by atoms with Crippen LogP contribution >= 0.6 is 0 Å². The molecule has 0 radical (unpaired) electrons. The lowest BCUT2D eigenvalue weighted by molar-refractivity contribution is -0.180. The van der Waals surface area contributed by atoms with Gasteiger partial charge in [0.1, 0.15) is 5.92 Å². The molecular formula is C15H18O6. The minimum Gasteiger partial charge on any atom is -0.481 e. The molecule has 0 amide bonds. The van der Waals surface area contributed by atoms with E-state index in [9.17, 15) is 24.6 Å². The number of carboxylic acids is 2. The van der Waals surface area contributed by atoms with Crippen molar-refractivity contribution in [2.24, 2.45) is 5.92 Å². The van der Waals surface area contributed by atoms with Crippen LogP contribution in [0, 0.1) is 5.92 Å². The van der Waals surface area contributed by atoms with E-state index in [2.05, 4.69) is 6.58 Å². The Morgan fingerprint density at radius 1 is 1.38 bits per heavy atom. The maximum Gasteiger partial charge on any atom is 0.353 e. The lowest BCUT2D eigenvalue weighted by Gasteiger charge is -2.36. The van der Waals surface area contributed by atoms with E-state index in [-0.39, 0.29) is 11.1 Å². The van der Waals surface area contributed by atoms with Gasteiger partial charge in [0.15, 0.2) is 0 Å². The van der Waals surface area contributed by atoms with Crippen LogP contribution in [0.3, 0.4) is 0 Å². The molecule has 0 saturated carbocycles. The number of allylic oxidation sites excluding steroid dienone is 2. The first-order valence-corrected chi connectivity index (χ1v) is 6.50. The Morgan fingerprint density at radius 2 is 2.00 bits per heavy atom. The van der Waals surface area contributed by atoms with Crippen molar-refractivity contribution < 1.29 is 29.3 Å².